The van der Waals surface area contributed by atoms with E-state index in [9.17, 15) is 0 Å². The highest BCUT2D eigenvalue weighted by atomic mass is 31.1. The first kappa shape index (κ1) is 17.7. The van der Waals surface area contributed by atoms with E-state index >= 15 is 0 Å². The normalized spacial score (nSPS) is 12.6. The third-order valence-electron chi connectivity index (χ3n) is 3.91. The van der Waals surface area contributed by atoms with Crippen LogP contribution in [0.25, 0.3) is 0 Å². The Morgan fingerprint density at radius 1 is 0.750 bits per heavy atom. The van der Waals surface area contributed by atoms with Crippen molar-refractivity contribution in [3.63, 3.8) is 0 Å². The summed E-state index contributed by atoms with van der Waals surface area (Å²) in [5, 5.41) is 1.72. The van der Waals surface area contributed by atoms with Gasteiger partial charge < -0.3 is 0 Å². The van der Waals surface area contributed by atoms with Gasteiger partial charge in [-0.1, -0.05) is 85.1 Å². The van der Waals surface area contributed by atoms with Crippen LogP contribution in [-0.4, -0.2) is 12.3 Å². The Balaban J connectivity index is 2.68. The van der Waals surface area contributed by atoms with Crippen molar-refractivity contribution < 1.29 is 0 Å². The zero-order valence-corrected chi connectivity index (χ0v) is 14.7. The van der Waals surface area contributed by atoms with Gasteiger partial charge in [0.25, 0.3) is 0 Å². The Hall–Kier alpha value is -0.350. The highest BCUT2D eigenvalue weighted by Gasteiger charge is 2.13. The van der Waals surface area contributed by atoms with E-state index in [2.05, 4.69) is 45.0 Å². The van der Waals surface area contributed by atoms with Gasteiger partial charge in [-0.25, -0.2) is 0 Å². The number of rotatable bonds is 11. The van der Waals surface area contributed by atoms with E-state index in [-0.39, 0.29) is 7.92 Å². The first-order valence-electron chi connectivity index (χ1n) is 8.66. The Bertz CT molecular complexity index is 345. The molecule has 0 fully saturated rings. The van der Waals surface area contributed by atoms with Crippen molar-refractivity contribution in [2.45, 2.75) is 72.1 Å². The lowest BCUT2D eigenvalue weighted by atomic mass is 10.1. The van der Waals surface area contributed by atoms with Crippen molar-refractivity contribution in [3.05, 3.63) is 29.8 Å². The average molecular weight is 292 g/mol. The van der Waals surface area contributed by atoms with Gasteiger partial charge in [-0.15, -0.1) is 0 Å². The van der Waals surface area contributed by atoms with Crippen LogP contribution < -0.4 is 5.30 Å². The van der Waals surface area contributed by atoms with Crippen LogP contribution in [0.15, 0.2) is 24.3 Å². The minimum atomic E-state index is 0.0902. The fourth-order valence-corrected chi connectivity index (χ4v) is 5.49. The molecular weight excluding hydrogens is 259 g/mol. The van der Waals surface area contributed by atoms with Crippen LogP contribution in [0.3, 0.4) is 0 Å². The van der Waals surface area contributed by atoms with Gasteiger partial charge in [0.15, 0.2) is 0 Å². The van der Waals surface area contributed by atoms with Gasteiger partial charge in [-0.2, -0.15) is 0 Å². The van der Waals surface area contributed by atoms with E-state index in [0.717, 1.165) is 0 Å². The van der Waals surface area contributed by atoms with Crippen molar-refractivity contribution >= 4 is 13.2 Å². The fourth-order valence-electron chi connectivity index (χ4n) is 2.75. The Morgan fingerprint density at radius 2 is 1.50 bits per heavy atom. The van der Waals surface area contributed by atoms with Crippen molar-refractivity contribution in [2.75, 3.05) is 12.3 Å². The molecule has 1 aromatic rings. The van der Waals surface area contributed by atoms with Crippen LogP contribution in [0.2, 0.25) is 0 Å². The molecule has 0 spiro atoms. The molecule has 1 unspecified atom stereocenters. The first-order chi connectivity index (χ1) is 9.83. The fraction of sp³-hybridized carbons (Fsp3) is 0.684. The molecule has 1 aromatic carbocycles. The minimum Gasteiger partial charge on any atom is -0.0750 e. The number of hydrogen-bond acceptors (Lipinski definition) is 0. The van der Waals surface area contributed by atoms with Gasteiger partial charge >= 0.3 is 0 Å². The number of unbranched alkanes of at least 4 members (excludes halogenated alkanes) is 4. The van der Waals surface area contributed by atoms with Crippen molar-refractivity contribution in [2.24, 2.45) is 0 Å². The van der Waals surface area contributed by atoms with Gasteiger partial charge in [0.2, 0.25) is 0 Å². The second-order valence-electron chi connectivity index (χ2n) is 5.78. The lowest BCUT2D eigenvalue weighted by molar-refractivity contribution is 0.705. The molecule has 0 aliphatic heterocycles. The van der Waals surface area contributed by atoms with Crippen molar-refractivity contribution in [3.8, 4) is 0 Å². The molecule has 0 radical (unpaired) electrons. The lowest BCUT2D eigenvalue weighted by Gasteiger charge is -2.21. The Morgan fingerprint density at radius 3 is 2.20 bits per heavy atom. The molecule has 0 heterocycles. The Labute approximate surface area is 128 Å². The third-order valence-corrected chi connectivity index (χ3v) is 6.87. The molecule has 0 aliphatic rings. The average Bonchev–Trinajstić information content (AvgIpc) is 2.49. The highest BCUT2D eigenvalue weighted by molar-refractivity contribution is 7.65. The van der Waals surface area contributed by atoms with Crippen LogP contribution in [0.1, 0.15) is 71.3 Å². The van der Waals surface area contributed by atoms with E-state index in [0.29, 0.717) is 0 Å². The topological polar surface area (TPSA) is 0 Å². The van der Waals surface area contributed by atoms with Crippen LogP contribution in [0, 0.1) is 0 Å². The summed E-state index contributed by atoms with van der Waals surface area (Å²) in [6.45, 7) is 6.94. The summed E-state index contributed by atoms with van der Waals surface area (Å²) in [5.41, 5.74) is 1.64. The molecule has 0 nitrogen and oxygen atoms in total. The maximum atomic E-state index is 2.42. The van der Waals surface area contributed by atoms with Gasteiger partial charge in [0, 0.05) is 0 Å². The molecule has 1 heteroatoms. The summed E-state index contributed by atoms with van der Waals surface area (Å²) >= 11 is 0. The Kier molecular flexibility index (Phi) is 10.0. The maximum absolute atomic E-state index is 2.42. The van der Waals surface area contributed by atoms with Gasteiger partial charge in [0.1, 0.15) is 0 Å². The summed E-state index contributed by atoms with van der Waals surface area (Å²) in [7, 11) is 0.0902. The number of benzene rings is 1. The maximum Gasteiger partial charge on any atom is -0.0208 e. The molecule has 0 N–H and O–H groups in total. The van der Waals surface area contributed by atoms with E-state index < -0.39 is 0 Å². The van der Waals surface area contributed by atoms with Crippen LogP contribution in [-0.2, 0) is 6.42 Å². The van der Waals surface area contributed by atoms with Crippen molar-refractivity contribution in [1.29, 1.82) is 0 Å². The first-order valence-corrected chi connectivity index (χ1v) is 10.4. The van der Waals surface area contributed by atoms with E-state index in [4.69, 9.17) is 0 Å². The minimum absolute atomic E-state index is 0.0902. The monoisotopic (exact) mass is 292 g/mol. The molecule has 0 bridgehead atoms. The lowest BCUT2D eigenvalue weighted by Crippen LogP contribution is -2.12. The molecule has 1 rings (SSSR count). The zero-order valence-electron chi connectivity index (χ0n) is 13.8. The molecular formula is C19H33P. The van der Waals surface area contributed by atoms with E-state index in [1.54, 1.807) is 10.9 Å². The summed E-state index contributed by atoms with van der Waals surface area (Å²) in [6.07, 6.45) is 13.7. The second-order valence-corrected chi connectivity index (χ2v) is 8.24. The standard InChI is InChI=1S/C19H33P/c1-4-7-9-12-17-20(16-6-3)19-15-11-10-14-18(19)13-8-5-2/h10-11,14-15H,4-9,12-13,16-17H2,1-3H3. The SMILES string of the molecule is CCCCCCP(CCC)c1ccccc1CCCC. The predicted molar refractivity (Wildman–Crippen MR) is 95.8 cm³/mol. The third kappa shape index (κ3) is 6.40. The van der Waals surface area contributed by atoms with Crippen LogP contribution in [0.4, 0.5) is 0 Å². The van der Waals surface area contributed by atoms with Crippen LogP contribution >= 0.6 is 7.92 Å². The van der Waals surface area contributed by atoms with E-state index in [1.807, 2.05) is 0 Å². The van der Waals surface area contributed by atoms with E-state index in [1.165, 1.54) is 63.7 Å². The molecule has 114 valence electrons. The summed E-state index contributed by atoms with van der Waals surface area (Å²) in [6, 6.07) is 9.28. The largest absolute Gasteiger partial charge is 0.0750 e. The molecule has 0 amide bonds. The molecule has 0 saturated carbocycles. The number of hydrogen-bond donors (Lipinski definition) is 0. The molecule has 1 atom stereocenters. The smallest absolute Gasteiger partial charge is 0.0208 e. The van der Waals surface area contributed by atoms with Gasteiger partial charge in [-0.05, 0) is 42.5 Å². The summed E-state index contributed by atoms with van der Waals surface area (Å²) < 4.78 is 0. The molecule has 0 aromatic heterocycles. The predicted octanol–water partition coefficient (Wildman–Crippen LogP) is 6.13. The number of aryl methyl sites for hydroxylation is 1. The molecule has 0 saturated heterocycles. The van der Waals surface area contributed by atoms with Crippen LogP contribution in [0.5, 0.6) is 0 Å². The summed E-state index contributed by atoms with van der Waals surface area (Å²) in [4.78, 5) is 0. The van der Waals surface area contributed by atoms with Crippen molar-refractivity contribution in [1.82, 2.24) is 0 Å². The van der Waals surface area contributed by atoms with Gasteiger partial charge in [-0.3, -0.25) is 0 Å². The second kappa shape index (κ2) is 11.3. The molecule has 0 aliphatic carbocycles. The van der Waals surface area contributed by atoms with Gasteiger partial charge in [0.05, 0.1) is 0 Å². The quantitative estimate of drug-likeness (QED) is 0.340. The molecule has 20 heavy (non-hydrogen) atoms. The highest BCUT2D eigenvalue weighted by Crippen LogP contribution is 2.38. The zero-order chi connectivity index (χ0) is 14.6. The summed E-state index contributed by atoms with van der Waals surface area (Å²) in [5.74, 6) is 0.